The van der Waals surface area contributed by atoms with Crippen molar-refractivity contribution in [3.63, 3.8) is 0 Å². The molecule has 0 radical (unpaired) electrons. The Balaban J connectivity index is 1.84. The molecule has 2 rings (SSSR count). The number of aromatic nitrogens is 2. The van der Waals surface area contributed by atoms with Crippen LogP contribution in [0.3, 0.4) is 0 Å². The Hall–Kier alpha value is -2.41. The van der Waals surface area contributed by atoms with Gasteiger partial charge in [0.2, 0.25) is 0 Å². The summed E-state index contributed by atoms with van der Waals surface area (Å²) in [5, 5.41) is 13.5. The van der Waals surface area contributed by atoms with Gasteiger partial charge in [-0.05, 0) is 24.3 Å². The number of rotatable bonds is 7. The minimum atomic E-state index is -0.294. The standard InChI is InChI=1S/C13H16N4O3/c1-19-8-6-14-12-5-4-11(16-17-12)13(18)15-9-10-3-2-7-20-10/h2-5,7H,6,8-9H2,1H3,(H,14,17)(H,15,18). The van der Waals surface area contributed by atoms with Crippen molar-refractivity contribution in [1.82, 2.24) is 15.5 Å². The summed E-state index contributed by atoms with van der Waals surface area (Å²) in [5.41, 5.74) is 0.258. The number of nitrogens with one attached hydrogen (secondary N) is 2. The molecule has 0 atom stereocenters. The topological polar surface area (TPSA) is 89.3 Å². The van der Waals surface area contributed by atoms with Crippen LogP contribution in [0.2, 0.25) is 0 Å². The van der Waals surface area contributed by atoms with Crippen LogP contribution in [0.25, 0.3) is 0 Å². The lowest BCUT2D eigenvalue weighted by molar-refractivity contribution is 0.0942. The van der Waals surface area contributed by atoms with Crippen LogP contribution in [0.15, 0.2) is 34.9 Å². The normalized spacial score (nSPS) is 10.2. The van der Waals surface area contributed by atoms with Crippen molar-refractivity contribution in [2.45, 2.75) is 6.54 Å². The number of carbonyl (C=O) groups excluding carboxylic acids is 1. The Labute approximate surface area is 116 Å². The fraction of sp³-hybridized carbons (Fsp3) is 0.308. The van der Waals surface area contributed by atoms with Gasteiger partial charge in [-0.25, -0.2) is 0 Å². The van der Waals surface area contributed by atoms with Crippen molar-refractivity contribution in [2.24, 2.45) is 0 Å². The third kappa shape index (κ3) is 4.06. The molecule has 0 saturated carbocycles. The average molecular weight is 276 g/mol. The molecule has 0 fully saturated rings. The summed E-state index contributed by atoms with van der Waals surface area (Å²) in [6.45, 7) is 1.53. The molecule has 2 heterocycles. The molecule has 2 aromatic rings. The minimum absolute atomic E-state index is 0.258. The maximum absolute atomic E-state index is 11.8. The molecule has 0 aromatic carbocycles. The van der Waals surface area contributed by atoms with Gasteiger partial charge in [0, 0.05) is 13.7 Å². The highest BCUT2D eigenvalue weighted by molar-refractivity contribution is 5.92. The highest BCUT2D eigenvalue weighted by Gasteiger charge is 2.08. The number of methoxy groups -OCH3 is 1. The van der Waals surface area contributed by atoms with Crippen LogP contribution in [-0.2, 0) is 11.3 Å². The Morgan fingerprint density at radius 1 is 1.35 bits per heavy atom. The molecule has 20 heavy (non-hydrogen) atoms. The van der Waals surface area contributed by atoms with Crippen LogP contribution in [0.1, 0.15) is 16.2 Å². The number of anilines is 1. The molecule has 0 aliphatic carbocycles. The zero-order valence-corrected chi connectivity index (χ0v) is 11.1. The lowest BCUT2D eigenvalue weighted by atomic mass is 10.3. The molecule has 0 unspecified atom stereocenters. The first-order chi connectivity index (χ1) is 9.79. The molecule has 0 aliphatic rings. The summed E-state index contributed by atoms with van der Waals surface area (Å²) < 4.78 is 10.0. The van der Waals surface area contributed by atoms with Gasteiger partial charge < -0.3 is 19.8 Å². The predicted molar refractivity (Wildman–Crippen MR) is 72.3 cm³/mol. The molecular weight excluding hydrogens is 260 g/mol. The smallest absolute Gasteiger partial charge is 0.272 e. The zero-order valence-electron chi connectivity index (χ0n) is 11.1. The molecule has 0 aliphatic heterocycles. The van der Waals surface area contributed by atoms with E-state index < -0.39 is 0 Å². The predicted octanol–water partition coefficient (Wildman–Crippen LogP) is 1.06. The molecule has 7 nitrogen and oxygen atoms in total. The molecular formula is C13H16N4O3. The van der Waals surface area contributed by atoms with Crippen LogP contribution >= 0.6 is 0 Å². The Morgan fingerprint density at radius 2 is 2.25 bits per heavy atom. The Bertz CT molecular complexity index is 525. The molecule has 7 heteroatoms. The van der Waals surface area contributed by atoms with E-state index in [4.69, 9.17) is 9.15 Å². The number of hydrogen-bond acceptors (Lipinski definition) is 6. The maximum atomic E-state index is 11.8. The largest absolute Gasteiger partial charge is 0.467 e. The molecule has 2 N–H and O–H groups in total. The lowest BCUT2D eigenvalue weighted by Gasteiger charge is -2.05. The van der Waals surface area contributed by atoms with Crippen LogP contribution in [0.5, 0.6) is 0 Å². The maximum Gasteiger partial charge on any atom is 0.272 e. The van der Waals surface area contributed by atoms with Gasteiger partial charge in [0.1, 0.15) is 11.6 Å². The van der Waals surface area contributed by atoms with Crippen molar-refractivity contribution < 1.29 is 13.9 Å². The quantitative estimate of drug-likeness (QED) is 0.735. The van der Waals surface area contributed by atoms with E-state index in [-0.39, 0.29) is 11.6 Å². The van der Waals surface area contributed by atoms with Gasteiger partial charge in [-0.3, -0.25) is 4.79 Å². The van der Waals surface area contributed by atoms with E-state index in [1.54, 1.807) is 37.6 Å². The molecule has 0 saturated heterocycles. The lowest BCUT2D eigenvalue weighted by Crippen LogP contribution is -2.24. The fourth-order valence-corrected chi connectivity index (χ4v) is 1.50. The highest BCUT2D eigenvalue weighted by Crippen LogP contribution is 2.03. The van der Waals surface area contributed by atoms with Crippen molar-refractivity contribution in [3.8, 4) is 0 Å². The third-order valence-electron chi connectivity index (χ3n) is 2.51. The number of nitrogens with zero attached hydrogens (tertiary/aromatic N) is 2. The number of ether oxygens (including phenoxy) is 1. The van der Waals surface area contributed by atoms with Crippen LogP contribution in [-0.4, -0.2) is 36.4 Å². The Morgan fingerprint density at radius 3 is 2.90 bits per heavy atom. The van der Waals surface area contributed by atoms with Gasteiger partial charge in [-0.1, -0.05) is 0 Å². The van der Waals surface area contributed by atoms with Gasteiger partial charge in [-0.15, -0.1) is 10.2 Å². The van der Waals surface area contributed by atoms with Crippen molar-refractivity contribution >= 4 is 11.7 Å². The zero-order chi connectivity index (χ0) is 14.2. The summed E-state index contributed by atoms with van der Waals surface area (Å²) in [6.07, 6.45) is 1.56. The van der Waals surface area contributed by atoms with Crippen LogP contribution in [0.4, 0.5) is 5.82 Å². The van der Waals surface area contributed by atoms with Crippen LogP contribution < -0.4 is 10.6 Å². The summed E-state index contributed by atoms with van der Waals surface area (Å²) >= 11 is 0. The number of carbonyl (C=O) groups is 1. The minimum Gasteiger partial charge on any atom is -0.467 e. The molecule has 106 valence electrons. The van der Waals surface area contributed by atoms with Gasteiger partial charge in [0.15, 0.2) is 5.69 Å². The van der Waals surface area contributed by atoms with E-state index in [1.807, 2.05) is 0 Å². The van der Waals surface area contributed by atoms with E-state index >= 15 is 0 Å². The fourth-order valence-electron chi connectivity index (χ4n) is 1.50. The van der Waals surface area contributed by atoms with Gasteiger partial charge in [0.05, 0.1) is 19.4 Å². The van der Waals surface area contributed by atoms with E-state index in [0.29, 0.717) is 31.3 Å². The second kappa shape index (κ2) is 7.25. The first kappa shape index (κ1) is 14.0. The van der Waals surface area contributed by atoms with E-state index in [1.165, 1.54) is 0 Å². The van der Waals surface area contributed by atoms with Gasteiger partial charge >= 0.3 is 0 Å². The highest BCUT2D eigenvalue weighted by atomic mass is 16.5. The van der Waals surface area contributed by atoms with Crippen molar-refractivity contribution in [2.75, 3.05) is 25.6 Å². The SMILES string of the molecule is COCCNc1ccc(C(=O)NCc2ccco2)nn1. The third-order valence-corrected chi connectivity index (χ3v) is 2.51. The number of amides is 1. The van der Waals surface area contributed by atoms with Gasteiger partial charge in [-0.2, -0.15) is 0 Å². The Kier molecular flexibility index (Phi) is 5.08. The summed E-state index contributed by atoms with van der Waals surface area (Å²) in [6, 6.07) is 6.86. The molecule has 0 bridgehead atoms. The van der Waals surface area contributed by atoms with Crippen LogP contribution in [0, 0.1) is 0 Å². The molecule has 2 aromatic heterocycles. The van der Waals surface area contributed by atoms with E-state index in [9.17, 15) is 4.79 Å². The first-order valence-corrected chi connectivity index (χ1v) is 6.16. The number of furan rings is 1. The van der Waals surface area contributed by atoms with Crippen molar-refractivity contribution in [1.29, 1.82) is 0 Å². The van der Waals surface area contributed by atoms with E-state index in [2.05, 4.69) is 20.8 Å². The second-order valence-electron chi connectivity index (χ2n) is 3.99. The summed E-state index contributed by atoms with van der Waals surface area (Å²) in [7, 11) is 1.62. The van der Waals surface area contributed by atoms with Crippen molar-refractivity contribution in [3.05, 3.63) is 42.0 Å². The monoisotopic (exact) mass is 276 g/mol. The molecule has 1 amide bonds. The molecule has 0 spiro atoms. The van der Waals surface area contributed by atoms with Gasteiger partial charge in [0.25, 0.3) is 5.91 Å². The first-order valence-electron chi connectivity index (χ1n) is 6.16. The van der Waals surface area contributed by atoms with E-state index in [0.717, 1.165) is 0 Å². The summed E-state index contributed by atoms with van der Waals surface area (Å²) in [5.74, 6) is 0.992. The second-order valence-corrected chi connectivity index (χ2v) is 3.99. The average Bonchev–Trinajstić information content (AvgIpc) is 2.99. The number of hydrogen-bond donors (Lipinski definition) is 2. The summed E-state index contributed by atoms with van der Waals surface area (Å²) in [4.78, 5) is 11.8.